The first-order valence-electron chi connectivity index (χ1n) is 5.44. The summed E-state index contributed by atoms with van der Waals surface area (Å²) in [6.07, 6.45) is 0.665. The van der Waals surface area contributed by atoms with Gasteiger partial charge in [-0.1, -0.05) is 5.16 Å². The third kappa shape index (κ3) is 2.02. The number of carboxylic acid groups (broad SMARTS) is 1. The largest absolute Gasteiger partial charge is 0.480 e. The Bertz CT molecular complexity index is 447. The zero-order valence-electron chi connectivity index (χ0n) is 9.77. The van der Waals surface area contributed by atoms with E-state index in [2.05, 4.69) is 5.16 Å². The summed E-state index contributed by atoms with van der Waals surface area (Å²) in [5, 5.41) is 12.8. The zero-order valence-corrected chi connectivity index (χ0v) is 9.77. The number of hydrogen-bond donors (Lipinski definition) is 1. The van der Waals surface area contributed by atoms with Gasteiger partial charge in [-0.2, -0.15) is 0 Å². The number of aromatic nitrogens is 1. The second-order valence-electron chi connectivity index (χ2n) is 4.22. The highest BCUT2D eigenvalue weighted by Gasteiger charge is 2.36. The minimum absolute atomic E-state index is 0.127. The van der Waals surface area contributed by atoms with Crippen LogP contribution in [0.3, 0.4) is 0 Å². The molecule has 0 saturated carbocycles. The Kier molecular flexibility index (Phi) is 2.87. The Hall–Kier alpha value is -1.85. The summed E-state index contributed by atoms with van der Waals surface area (Å²) in [7, 11) is 0. The van der Waals surface area contributed by atoms with Crippen molar-refractivity contribution in [2.45, 2.75) is 39.3 Å². The van der Waals surface area contributed by atoms with Crippen LogP contribution in [0.1, 0.15) is 29.9 Å². The Morgan fingerprint density at radius 3 is 2.82 bits per heavy atom. The van der Waals surface area contributed by atoms with E-state index < -0.39 is 12.0 Å². The van der Waals surface area contributed by atoms with Crippen molar-refractivity contribution in [1.82, 2.24) is 10.1 Å². The molecule has 6 heteroatoms. The molecule has 0 aromatic carbocycles. The van der Waals surface area contributed by atoms with Crippen LogP contribution in [0.15, 0.2) is 4.52 Å². The molecule has 1 aliphatic heterocycles. The highest BCUT2D eigenvalue weighted by Crippen LogP contribution is 2.24. The molecular formula is C11H14N2O4. The number of carbonyl (C=O) groups is 2. The minimum Gasteiger partial charge on any atom is -0.480 e. The number of amides is 1. The first-order chi connectivity index (χ1) is 8.00. The van der Waals surface area contributed by atoms with Gasteiger partial charge in [0, 0.05) is 12.0 Å². The minimum atomic E-state index is -0.956. The monoisotopic (exact) mass is 238 g/mol. The van der Waals surface area contributed by atoms with E-state index >= 15 is 0 Å². The predicted molar refractivity (Wildman–Crippen MR) is 57.2 cm³/mol. The number of rotatable bonds is 3. The smallest absolute Gasteiger partial charge is 0.326 e. The van der Waals surface area contributed by atoms with Crippen molar-refractivity contribution >= 4 is 11.9 Å². The van der Waals surface area contributed by atoms with E-state index in [1.807, 2.05) is 0 Å². The molecule has 1 unspecified atom stereocenters. The second-order valence-corrected chi connectivity index (χ2v) is 4.22. The van der Waals surface area contributed by atoms with Gasteiger partial charge in [0.1, 0.15) is 11.8 Å². The number of aryl methyl sites for hydroxylation is 2. The standard InChI is InChI=1S/C11H14N2O4/c1-6-8(7(2)17-12-6)5-13-9(11(15)16)3-4-10(13)14/h9H,3-5H2,1-2H3,(H,15,16). The van der Waals surface area contributed by atoms with Gasteiger partial charge in [-0.15, -0.1) is 0 Å². The van der Waals surface area contributed by atoms with Crippen LogP contribution in [0.5, 0.6) is 0 Å². The van der Waals surface area contributed by atoms with Gasteiger partial charge >= 0.3 is 5.97 Å². The highest BCUT2D eigenvalue weighted by molar-refractivity contribution is 5.87. The Morgan fingerprint density at radius 2 is 2.29 bits per heavy atom. The maximum absolute atomic E-state index is 11.6. The Balaban J connectivity index is 2.22. The van der Waals surface area contributed by atoms with E-state index in [1.54, 1.807) is 13.8 Å². The summed E-state index contributed by atoms with van der Waals surface area (Å²) in [5.41, 5.74) is 1.50. The third-order valence-corrected chi connectivity index (χ3v) is 3.12. The van der Waals surface area contributed by atoms with E-state index in [0.717, 1.165) is 5.56 Å². The molecule has 17 heavy (non-hydrogen) atoms. The van der Waals surface area contributed by atoms with Crippen LogP contribution < -0.4 is 0 Å². The summed E-state index contributed by atoms with van der Waals surface area (Å²) >= 11 is 0. The summed E-state index contributed by atoms with van der Waals surface area (Å²) in [6.45, 7) is 3.80. The molecule has 1 fully saturated rings. The molecule has 1 aliphatic rings. The van der Waals surface area contributed by atoms with Gasteiger partial charge in [-0.05, 0) is 20.3 Å². The quantitative estimate of drug-likeness (QED) is 0.844. The maximum Gasteiger partial charge on any atom is 0.326 e. The molecule has 1 aromatic heterocycles. The van der Waals surface area contributed by atoms with E-state index in [-0.39, 0.29) is 12.5 Å². The van der Waals surface area contributed by atoms with Gasteiger partial charge in [0.25, 0.3) is 0 Å². The van der Waals surface area contributed by atoms with Gasteiger partial charge in [-0.25, -0.2) is 4.79 Å². The molecule has 1 N–H and O–H groups in total. The number of likely N-dealkylation sites (tertiary alicyclic amines) is 1. The molecule has 1 amide bonds. The fourth-order valence-corrected chi connectivity index (χ4v) is 2.09. The van der Waals surface area contributed by atoms with Crippen LogP contribution in [0.2, 0.25) is 0 Å². The summed E-state index contributed by atoms with van der Waals surface area (Å²) in [6, 6.07) is -0.726. The van der Waals surface area contributed by atoms with Crippen LogP contribution in [-0.2, 0) is 16.1 Å². The fourth-order valence-electron chi connectivity index (χ4n) is 2.09. The maximum atomic E-state index is 11.6. The number of carboxylic acids is 1. The first-order valence-corrected chi connectivity index (χ1v) is 5.44. The molecule has 0 aliphatic carbocycles. The normalized spacial score (nSPS) is 20.0. The molecule has 1 atom stereocenters. The van der Waals surface area contributed by atoms with Crippen LogP contribution in [0.4, 0.5) is 0 Å². The van der Waals surface area contributed by atoms with E-state index in [9.17, 15) is 9.59 Å². The molecule has 92 valence electrons. The lowest BCUT2D eigenvalue weighted by atomic mass is 10.1. The molecule has 6 nitrogen and oxygen atoms in total. The lowest BCUT2D eigenvalue weighted by molar-refractivity contribution is -0.146. The number of aliphatic carboxylic acids is 1. The molecule has 1 aromatic rings. The zero-order chi connectivity index (χ0) is 12.6. The van der Waals surface area contributed by atoms with E-state index in [4.69, 9.17) is 9.63 Å². The Labute approximate surface area is 98.2 Å². The second kappa shape index (κ2) is 4.20. The van der Waals surface area contributed by atoms with Crippen LogP contribution in [0.25, 0.3) is 0 Å². The van der Waals surface area contributed by atoms with E-state index in [0.29, 0.717) is 24.3 Å². The van der Waals surface area contributed by atoms with Crippen molar-refractivity contribution in [3.8, 4) is 0 Å². The number of carbonyl (C=O) groups excluding carboxylic acids is 1. The Morgan fingerprint density at radius 1 is 1.59 bits per heavy atom. The van der Waals surface area contributed by atoms with Gasteiger partial charge in [0.2, 0.25) is 5.91 Å². The van der Waals surface area contributed by atoms with Gasteiger partial charge in [0.15, 0.2) is 0 Å². The molecule has 0 spiro atoms. The molecule has 2 heterocycles. The van der Waals surface area contributed by atoms with E-state index in [1.165, 1.54) is 4.90 Å². The molecule has 0 radical (unpaired) electrons. The lowest BCUT2D eigenvalue weighted by Gasteiger charge is -2.21. The molecular weight excluding hydrogens is 224 g/mol. The van der Waals surface area contributed by atoms with Crippen LogP contribution >= 0.6 is 0 Å². The third-order valence-electron chi connectivity index (χ3n) is 3.12. The van der Waals surface area contributed by atoms with Crippen molar-refractivity contribution < 1.29 is 19.2 Å². The van der Waals surface area contributed by atoms with Crippen molar-refractivity contribution in [1.29, 1.82) is 0 Å². The predicted octanol–water partition coefficient (Wildman–Crippen LogP) is 0.867. The van der Waals surface area contributed by atoms with Gasteiger partial charge in [0.05, 0.1) is 12.2 Å². The van der Waals surface area contributed by atoms with Crippen molar-refractivity contribution in [2.75, 3.05) is 0 Å². The molecule has 0 bridgehead atoms. The average molecular weight is 238 g/mol. The van der Waals surface area contributed by atoms with Gasteiger partial charge < -0.3 is 14.5 Å². The number of hydrogen-bond acceptors (Lipinski definition) is 4. The first kappa shape index (κ1) is 11.6. The number of nitrogens with zero attached hydrogens (tertiary/aromatic N) is 2. The summed E-state index contributed by atoms with van der Waals surface area (Å²) < 4.78 is 5.00. The SMILES string of the molecule is Cc1noc(C)c1CN1C(=O)CCC1C(=O)O. The van der Waals surface area contributed by atoms with Crippen LogP contribution in [0, 0.1) is 13.8 Å². The molecule has 1 saturated heterocycles. The summed E-state index contributed by atoms with van der Waals surface area (Å²) in [5.74, 6) is -0.452. The lowest BCUT2D eigenvalue weighted by Crippen LogP contribution is -2.38. The average Bonchev–Trinajstić information content (AvgIpc) is 2.77. The summed E-state index contributed by atoms with van der Waals surface area (Å²) in [4.78, 5) is 24.1. The molecule has 2 rings (SSSR count). The highest BCUT2D eigenvalue weighted by atomic mass is 16.5. The van der Waals surface area contributed by atoms with Crippen LogP contribution in [-0.4, -0.2) is 33.1 Å². The fraction of sp³-hybridized carbons (Fsp3) is 0.545. The van der Waals surface area contributed by atoms with Gasteiger partial charge in [-0.3, -0.25) is 4.79 Å². The topological polar surface area (TPSA) is 83.6 Å². The van der Waals surface area contributed by atoms with Crippen molar-refractivity contribution in [2.24, 2.45) is 0 Å². The van der Waals surface area contributed by atoms with Crippen molar-refractivity contribution in [3.05, 3.63) is 17.0 Å². The van der Waals surface area contributed by atoms with Crippen molar-refractivity contribution in [3.63, 3.8) is 0 Å².